The molecule has 1 saturated heterocycles. The third kappa shape index (κ3) is 4.25. The zero-order chi connectivity index (χ0) is 21.2. The van der Waals surface area contributed by atoms with Gasteiger partial charge >= 0.3 is 0 Å². The van der Waals surface area contributed by atoms with Crippen molar-refractivity contribution in [2.45, 2.75) is 26.5 Å². The lowest BCUT2D eigenvalue weighted by molar-refractivity contribution is 0.0772. The molecule has 4 aromatic heterocycles. The highest BCUT2D eigenvalue weighted by molar-refractivity contribution is 5.86. The molecule has 0 aromatic carbocycles. The van der Waals surface area contributed by atoms with E-state index >= 15 is 0 Å². The monoisotopic (exact) mass is 421 g/mol. The summed E-state index contributed by atoms with van der Waals surface area (Å²) in [5, 5.41) is 8.52. The third-order valence-corrected chi connectivity index (χ3v) is 5.16. The number of hydrogen-bond donors (Lipinski definition) is 1. The number of rotatable bonds is 7. The van der Waals surface area contributed by atoms with Crippen LogP contribution in [0, 0.1) is 12.8 Å². The second-order valence-corrected chi connectivity index (χ2v) is 7.63. The van der Waals surface area contributed by atoms with E-state index < -0.39 is 0 Å². The molecule has 1 aliphatic heterocycles. The molecule has 0 amide bonds. The zero-order valence-corrected chi connectivity index (χ0v) is 17.2. The predicted octanol–water partition coefficient (Wildman–Crippen LogP) is 2.37. The Morgan fingerprint density at radius 1 is 1.16 bits per heavy atom. The van der Waals surface area contributed by atoms with Gasteiger partial charge in [0, 0.05) is 12.5 Å². The first-order valence-corrected chi connectivity index (χ1v) is 10.2. The smallest absolute Gasteiger partial charge is 0.222 e. The lowest BCUT2D eigenvalue weighted by Gasteiger charge is -2.09. The van der Waals surface area contributed by atoms with Gasteiger partial charge in [0.2, 0.25) is 5.95 Å². The minimum absolute atomic E-state index is 0.131. The Morgan fingerprint density at radius 2 is 2.06 bits per heavy atom. The molecule has 1 atom stereocenters. The van der Waals surface area contributed by atoms with Crippen LogP contribution in [0.3, 0.4) is 0 Å². The average Bonchev–Trinajstić information content (AvgIpc) is 3.50. The van der Waals surface area contributed by atoms with Crippen LogP contribution in [-0.4, -0.2) is 49.8 Å². The number of furan rings is 1. The Morgan fingerprint density at radius 3 is 2.87 bits per heavy atom. The van der Waals surface area contributed by atoms with Gasteiger partial charge in [0.05, 0.1) is 37.8 Å². The van der Waals surface area contributed by atoms with Crippen LogP contribution in [0.4, 0.5) is 5.95 Å². The molecule has 10 nitrogen and oxygen atoms in total. The van der Waals surface area contributed by atoms with Gasteiger partial charge in [-0.3, -0.25) is 4.98 Å². The van der Waals surface area contributed by atoms with Gasteiger partial charge in [-0.05, 0) is 37.6 Å². The number of aryl methyl sites for hydroxylation is 1. The van der Waals surface area contributed by atoms with Gasteiger partial charge in [0.15, 0.2) is 16.9 Å². The van der Waals surface area contributed by atoms with Crippen molar-refractivity contribution >= 4 is 17.1 Å². The van der Waals surface area contributed by atoms with Crippen molar-refractivity contribution in [3.63, 3.8) is 0 Å². The number of pyridine rings is 1. The summed E-state index contributed by atoms with van der Waals surface area (Å²) in [5.74, 6) is 1.96. The Hall–Kier alpha value is -3.37. The molecule has 4 aromatic rings. The van der Waals surface area contributed by atoms with E-state index in [-0.39, 0.29) is 5.95 Å². The fraction of sp³-hybridized carbons (Fsp3) is 0.381. The van der Waals surface area contributed by atoms with Gasteiger partial charge in [0.25, 0.3) is 0 Å². The lowest BCUT2D eigenvalue weighted by atomic mass is 10.1. The maximum atomic E-state index is 5.95. The maximum absolute atomic E-state index is 5.95. The number of fused-ring (bicyclic) bond motifs is 1. The molecule has 1 unspecified atom stereocenters. The number of nitrogen functional groups attached to an aromatic ring is 1. The van der Waals surface area contributed by atoms with Crippen LogP contribution >= 0.6 is 0 Å². The van der Waals surface area contributed by atoms with Crippen LogP contribution in [0.15, 0.2) is 34.7 Å². The second kappa shape index (κ2) is 8.40. The molecule has 2 N–H and O–H groups in total. The van der Waals surface area contributed by atoms with Gasteiger partial charge in [0.1, 0.15) is 11.5 Å². The van der Waals surface area contributed by atoms with Crippen LogP contribution in [-0.2, 0) is 22.6 Å². The topological polar surface area (TPSA) is 127 Å². The largest absolute Gasteiger partial charge is 0.460 e. The van der Waals surface area contributed by atoms with E-state index in [1.807, 2.05) is 37.3 Å². The van der Waals surface area contributed by atoms with Crippen molar-refractivity contribution in [2.75, 3.05) is 25.6 Å². The molecule has 0 saturated carbocycles. The highest BCUT2D eigenvalue weighted by atomic mass is 16.5. The van der Waals surface area contributed by atoms with E-state index in [2.05, 4.69) is 25.3 Å². The quantitative estimate of drug-likeness (QED) is 0.478. The molecule has 1 aliphatic rings. The van der Waals surface area contributed by atoms with E-state index in [0.29, 0.717) is 48.3 Å². The summed E-state index contributed by atoms with van der Waals surface area (Å²) in [6, 6.07) is 9.54. The molecular weight excluding hydrogens is 398 g/mol. The first-order valence-electron chi connectivity index (χ1n) is 10.2. The van der Waals surface area contributed by atoms with Crippen molar-refractivity contribution < 1.29 is 13.9 Å². The summed E-state index contributed by atoms with van der Waals surface area (Å²) in [5.41, 5.74) is 9.21. The first-order chi connectivity index (χ1) is 15.2. The number of aromatic nitrogens is 6. The highest BCUT2D eigenvalue weighted by Gasteiger charge is 2.18. The predicted molar refractivity (Wildman–Crippen MR) is 112 cm³/mol. The molecule has 5 heterocycles. The Balaban J connectivity index is 1.35. The summed E-state index contributed by atoms with van der Waals surface area (Å²) in [4.78, 5) is 13.3. The Kier molecular flexibility index (Phi) is 5.31. The standard InChI is InChI=1S/C21H23N7O3/c1-13-5-6-17(31-13)18-19-20(25-21(22)24-18)28(27-26-19)9-15-3-2-4-16(23-15)12-30-11-14-7-8-29-10-14/h2-6,14H,7-12H2,1H3,(H2,22,24,25). The summed E-state index contributed by atoms with van der Waals surface area (Å²) in [6.45, 7) is 5.00. The molecule has 0 radical (unpaired) electrons. The van der Waals surface area contributed by atoms with Crippen LogP contribution in [0.5, 0.6) is 0 Å². The molecule has 5 rings (SSSR count). The fourth-order valence-electron chi connectivity index (χ4n) is 3.61. The number of nitrogens with zero attached hydrogens (tertiary/aromatic N) is 6. The minimum atomic E-state index is 0.131. The molecule has 10 heteroatoms. The van der Waals surface area contributed by atoms with E-state index in [4.69, 9.17) is 19.6 Å². The molecular formula is C21H23N7O3. The summed E-state index contributed by atoms with van der Waals surface area (Å²) in [6.07, 6.45) is 1.05. The average molecular weight is 421 g/mol. The summed E-state index contributed by atoms with van der Waals surface area (Å²) in [7, 11) is 0. The van der Waals surface area contributed by atoms with E-state index in [0.717, 1.165) is 36.8 Å². The number of nitrogens with two attached hydrogens (primary N) is 1. The SMILES string of the molecule is Cc1ccc(-c2nc(N)nc3c2nnn3Cc2cccc(COCC3CCOC3)n2)o1. The van der Waals surface area contributed by atoms with E-state index in [1.165, 1.54) is 0 Å². The maximum Gasteiger partial charge on any atom is 0.222 e. The molecule has 0 bridgehead atoms. The number of hydrogen-bond acceptors (Lipinski definition) is 9. The first kappa shape index (κ1) is 19.6. The van der Waals surface area contributed by atoms with Crippen LogP contribution in [0.1, 0.15) is 23.6 Å². The molecule has 0 aliphatic carbocycles. The normalized spacial score (nSPS) is 16.4. The Bertz CT molecular complexity index is 1200. The molecule has 31 heavy (non-hydrogen) atoms. The minimum Gasteiger partial charge on any atom is -0.460 e. The number of ether oxygens (including phenoxy) is 2. The summed E-state index contributed by atoms with van der Waals surface area (Å²) < 4.78 is 18.6. The van der Waals surface area contributed by atoms with Crippen molar-refractivity contribution in [1.82, 2.24) is 29.9 Å². The molecule has 160 valence electrons. The van der Waals surface area contributed by atoms with E-state index in [1.54, 1.807) is 4.68 Å². The Labute approximate surface area is 178 Å². The van der Waals surface area contributed by atoms with Crippen molar-refractivity contribution in [3.8, 4) is 11.5 Å². The highest BCUT2D eigenvalue weighted by Crippen LogP contribution is 2.27. The fourth-order valence-corrected chi connectivity index (χ4v) is 3.61. The molecule has 0 spiro atoms. The van der Waals surface area contributed by atoms with Gasteiger partial charge in [-0.2, -0.15) is 4.98 Å². The third-order valence-electron chi connectivity index (χ3n) is 5.16. The molecule has 1 fully saturated rings. The van der Waals surface area contributed by atoms with Crippen molar-refractivity contribution in [3.05, 3.63) is 47.5 Å². The van der Waals surface area contributed by atoms with E-state index in [9.17, 15) is 0 Å². The van der Waals surface area contributed by atoms with Crippen molar-refractivity contribution in [1.29, 1.82) is 0 Å². The van der Waals surface area contributed by atoms with Gasteiger partial charge in [-0.1, -0.05) is 11.3 Å². The van der Waals surface area contributed by atoms with Gasteiger partial charge in [-0.15, -0.1) is 5.10 Å². The zero-order valence-electron chi connectivity index (χ0n) is 17.2. The van der Waals surface area contributed by atoms with Crippen LogP contribution < -0.4 is 5.73 Å². The van der Waals surface area contributed by atoms with Gasteiger partial charge in [-0.25, -0.2) is 9.67 Å². The van der Waals surface area contributed by atoms with Gasteiger partial charge < -0.3 is 19.6 Å². The second-order valence-electron chi connectivity index (χ2n) is 7.63. The lowest BCUT2D eigenvalue weighted by Crippen LogP contribution is -2.10. The van der Waals surface area contributed by atoms with Crippen LogP contribution in [0.25, 0.3) is 22.6 Å². The number of anilines is 1. The van der Waals surface area contributed by atoms with Crippen molar-refractivity contribution in [2.24, 2.45) is 5.92 Å². The van der Waals surface area contributed by atoms with Crippen LogP contribution in [0.2, 0.25) is 0 Å². The summed E-state index contributed by atoms with van der Waals surface area (Å²) >= 11 is 0.